The van der Waals surface area contributed by atoms with Crippen LogP contribution in [0.3, 0.4) is 0 Å². The second-order valence-electron chi connectivity index (χ2n) is 2.17. The molecule has 0 aliphatic carbocycles. The second kappa shape index (κ2) is 5.27. The van der Waals surface area contributed by atoms with Gasteiger partial charge in [0.2, 0.25) is 5.76 Å². The molecule has 3 nitrogen and oxygen atoms in total. The highest BCUT2D eigenvalue weighted by molar-refractivity contribution is 14.2. The van der Waals surface area contributed by atoms with E-state index in [2.05, 4.69) is 22.6 Å². The highest BCUT2D eigenvalue weighted by Gasteiger charge is 2.37. The average molecular weight is 510 g/mol. The van der Waals surface area contributed by atoms with Crippen molar-refractivity contribution in [1.82, 2.24) is 0 Å². The fourth-order valence-corrected chi connectivity index (χ4v) is 2.21. The van der Waals surface area contributed by atoms with Gasteiger partial charge in [-0.15, -0.1) is 0 Å². The van der Waals surface area contributed by atoms with Gasteiger partial charge < -0.3 is 15.3 Å². The number of aliphatic hydroxyl groups is 3. The van der Waals surface area contributed by atoms with Gasteiger partial charge in [-0.1, -0.05) is 74.7 Å². The topological polar surface area (TPSA) is 60.7 Å². The van der Waals surface area contributed by atoms with Crippen molar-refractivity contribution in [3.63, 3.8) is 0 Å². The van der Waals surface area contributed by atoms with Gasteiger partial charge in [-0.05, 0) is 6.42 Å². The van der Waals surface area contributed by atoms with Gasteiger partial charge in [0.25, 0.3) is 0 Å². The molecule has 0 aromatic rings. The molecule has 1 atom stereocenters. The van der Waals surface area contributed by atoms with Crippen molar-refractivity contribution >= 4 is 67.8 Å². The monoisotopic (exact) mass is 510 g/mol. The van der Waals surface area contributed by atoms with E-state index in [0.717, 1.165) is 6.42 Å². The van der Waals surface area contributed by atoms with Crippen molar-refractivity contribution in [3.05, 3.63) is 11.7 Å². The molecular weight excluding hydrogens is 501 g/mol. The smallest absolute Gasteiger partial charge is 0.316 e. The van der Waals surface area contributed by atoms with E-state index in [1.54, 1.807) is 0 Å². The van der Waals surface area contributed by atoms with Crippen LogP contribution in [-0.4, -0.2) is 20.7 Å². The first kappa shape index (κ1) is 13.3. The summed E-state index contributed by atoms with van der Waals surface area (Å²) >= 11 is 6.15. The zero-order valence-electron chi connectivity index (χ0n) is 6.26. The van der Waals surface area contributed by atoms with Crippen LogP contribution in [0.4, 0.5) is 0 Å². The number of aliphatic hydroxyl groups excluding tert-OH is 2. The SMILES string of the molecule is CCC(I)C(I)(I)C(O)=C(O)O. The van der Waals surface area contributed by atoms with Crippen molar-refractivity contribution in [3.8, 4) is 0 Å². The van der Waals surface area contributed by atoms with Crippen LogP contribution >= 0.6 is 67.8 Å². The molecule has 72 valence electrons. The van der Waals surface area contributed by atoms with Crippen molar-refractivity contribution in [2.45, 2.75) is 18.7 Å². The van der Waals surface area contributed by atoms with Crippen molar-refractivity contribution < 1.29 is 15.3 Å². The van der Waals surface area contributed by atoms with E-state index in [4.69, 9.17) is 10.2 Å². The maximum Gasteiger partial charge on any atom is 0.316 e. The fraction of sp³-hybridized carbons (Fsp3) is 0.667. The molecule has 0 aromatic heterocycles. The Morgan fingerprint density at radius 3 is 2.00 bits per heavy atom. The standard InChI is InChI=1S/C6H9I3O3/c1-2-3(7)6(8,9)4(10)5(11)12/h3,10-12H,2H2,1H3. The van der Waals surface area contributed by atoms with Gasteiger partial charge in [0.1, 0.15) is 1.43 Å². The Balaban J connectivity index is 4.73. The summed E-state index contributed by atoms with van der Waals surface area (Å²) in [5, 5.41) is 26.7. The van der Waals surface area contributed by atoms with E-state index in [9.17, 15) is 5.11 Å². The lowest BCUT2D eigenvalue weighted by molar-refractivity contribution is 0.155. The molecular formula is C6H9I3O3. The van der Waals surface area contributed by atoms with Crippen LogP contribution < -0.4 is 0 Å². The lowest BCUT2D eigenvalue weighted by Gasteiger charge is -2.24. The van der Waals surface area contributed by atoms with Gasteiger partial charge in [-0.25, -0.2) is 0 Å². The number of hydrogen-bond donors (Lipinski definition) is 3. The first-order valence-electron chi connectivity index (χ1n) is 3.17. The molecule has 0 aromatic carbocycles. The molecule has 0 bridgehead atoms. The number of hydrogen-bond acceptors (Lipinski definition) is 3. The van der Waals surface area contributed by atoms with Gasteiger partial charge in [-0.2, -0.15) is 0 Å². The highest BCUT2D eigenvalue weighted by Crippen LogP contribution is 2.43. The number of alkyl halides is 3. The minimum absolute atomic E-state index is 0.144. The first-order chi connectivity index (χ1) is 5.34. The van der Waals surface area contributed by atoms with Gasteiger partial charge in [-0.3, -0.25) is 0 Å². The third-order valence-electron chi connectivity index (χ3n) is 1.28. The van der Waals surface area contributed by atoms with E-state index in [1.807, 2.05) is 52.1 Å². The summed E-state index contributed by atoms with van der Waals surface area (Å²) in [4.78, 5) is 0. The minimum Gasteiger partial charge on any atom is -0.504 e. The Morgan fingerprint density at radius 2 is 1.75 bits per heavy atom. The van der Waals surface area contributed by atoms with Crippen molar-refractivity contribution in [2.75, 3.05) is 0 Å². The number of rotatable bonds is 3. The summed E-state index contributed by atoms with van der Waals surface area (Å²) in [5.74, 6) is -1.36. The zero-order valence-corrected chi connectivity index (χ0v) is 12.7. The molecule has 0 saturated carbocycles. The molecule has 0 spiro atoms. The molecule has 0 radical (unpaired) electrons. The summed E-state index contributed by atoms with van der Waals surface area (Å²) in [6, 6.07) is 0. The van der Waals surface area contributed by atoms with Crippen LogP contribution in [-0.2, 0) is 0 Å². The van der Waals surface area contributed by atoms with Gasteiger partial charge in [0, 0.05) is 3.92 Å². The maximum absolute atomic E-state index is 9.32. The molecule has 0 heterocycles. The van der Waals surface area contributed by atoms with Crippen LogP contribution in [0.5, 0.6) is 0 Å². The summed E-state index contributed by atoms with van der Waals surface area (Å²) in [7, 11) is 0. The molecule has 12 heavy (non-hydrogen) atoms. The predicted molar refractivity (Wildman–Crippen MR) is 73.8 cm³/mol. The number of allylic oxidation sites excluding steroid dienone is 1. The molecule has 6 heteroatoms. The Kier molecular flexibility index (Phi) is 5.85. The molecule has 0 aliphatic rings. The Bertz CT molecular complexity index is 186. The number of halogens is 3. The van der Waals surface area contributed by atoms with Crippen molar-refractivity contribution in [1.29, 1.82) is 0 Å². The Labute approximate surface area is 112 Å². The summed E-state index contributed by atoms with van der Waals surface area (Å²) in [6.45, 7) is 1.98. The van der Waals surface area contributed by atoms with E-state index >= 15 is 0 Å². The third kappa shape index (κ3) is 3.24. The summed E-state index contributed by atoms with van der Waals surface area (Å²) in [5.41, 5.74) is 0. The molecule has 0 rings (SSSR count). The van der Waals surface area contributed by atoms with E-state index in [-0.39, 0.29) is 9.68 Å². The van der Waals surface area contributed by atoms with Crippen LogP contribution in [0.1, 0.15) is 13.3 Å². The minimum atomic E-state index is -0.992. The van der Waals surface area contributed by atoms with Crippen LogP contribution in [0.2, 0.25) is 0 Å². The average Bonchev–Trinajstić information content (AvgIpc) is 2.01. The van der Waals surface area contributed by atoms with Crippen LogP contribution in [0.25, 0.3) is 0 Å². The molecule has 1 unspecified atom stereocenters. The van der Waals surface area contributed by atoms with Gasteiger partial charge in [0.05, 0.1) is 0 Å². The van der Waals surface area contributed by atoms with Gasteiger partial charge in [0.15, 0.2) is 0 Å². The van der Waals surface area contributed by atoms with E-state index < -0.39 is 7.37 Å². The van der Waals surface area contributed by atoms with Crippen LogP contribution in [0, 0.1) is 0 Å². The fourth-order valence-electron chi connectivity index (χ4n) is 0.554. The Hall–Kier alpha value is 1.33. The Morgan fingerprint density at radius 1 is 1.33 bits per heavy atom. The third-order valence-corrected chi connectivity index (χ3v) is 8.00. The molecule has 0 fully saturated rings. The molecule has 0 saturated heterocycles. The normalized spacial score (nSPS) is 14.0. The zero-order chi connectivity index (χ0) is 9.94. The van der Waals surface area contributed by atoms with Gasteiger partial charge >= 0.3 is 5.95 Å². The first-order valence-corrected chi connectivity index (χ1v) is 6.57. The molecule has 0 aliphatic heterocycles. The predicted octanol–water partition coefficient (Wildman–Crippen LogP) is 3.61. The lowest BCUT2D eigenvalue weighted by Crippen LogP contribution is -2.27. The highest BCUT2D eigenvalue weighted by atomic mass is 127. The van der Waals surface area contributed by atoms with E-state index in [1.165, 1.54) is 0 Å². The summed E-state index contributed by atoms with van der Waals surface area (Å²) < 4.78 is -0.505. The maximum atomic E-state index is 9.32. The second-order valence-corrected chi connectivity index (χ2v) is 9.14. The molecule has 0 amide bonds. The largest absolute Gasteiger partial charge is 0.504 e. The van der Waals surface area contributed by atoms with Crippen molar-refractivity contribution in [2.24, 2.45) is 0 Å². The lowest BCUT2D eigenvalue weighted by atomic mass is 10.2. The van der Waals surface area contributed by atoms with Crippen LogP contribution in [0.15, 0.2) is 11.7 Å². The summed E-state index contributed by atoms with van der Waals surface area (Å²) in [6.07, 6.45) is 0.851. The quantitative estimate of drug-likeness (QED) is 0.309. The molecule has 3 N–H and O–H groups in total. The van der Waals surface area contributed by atoms with E-state index in [0.29, 0.717) is 0 Å².